The van der Waals surface area contributed by atoms with Crippen molar-refractivity contribution in [3.05, 3.63) is 65.7 Å². The van der Waals surface area contributed by atoms with Crippen LogP contribution in [0, 0.1) is 17.3 Å². The van der Waals surface area contributed by atoms with E-state index in [0.29, 0.717) is 23.5 Å². The number of fused-ring (bicyclic) bond motifs is 6. The molecule has 7 heteroatoms. The highest BCUT2D eigenvalue weighted by atomic mass is 32.2. The Morgan fingerprint density at radius 1 is 0.947 bits per heavy atom. The molecule has 2 saturated carbocycles. The molecule has 6 rings (SSSR count). The van der Waals surface area contributed by atoms with Gasteiger partial charge in [0, 0.05) is 12.3 Å². The van der Waals surface area contributed by atoms with Crippen molar-refractivity contribution >= 4 is 26.9 Å². The first-order valence-electron chi connectivity index (χ1n) is 13.5. The fourth-order valence-electron chi connectivity index (χ4n) is 7.64. The van der Waals surface area contributed by atoms with E-state index in [2.05, 4.69) is 6.92 Å². The van der Waals surface area contributed by atoms with Crippen LogP contribution < -0.4 is 8.92 Å². The number of aryl methyl sites for hydroxylation is 1. The predicted octanol–water partition coefficient (Wildman–Crippen LogP) is 6.40. The summed E-state index contributed by atoms with van der Waals surface area (Å²) in [5.74, 6) is 1.88. The van der Waals surface area contributed by atoms with Crippen molar-refractivity contribution in [1.29, 1.82) is 0 Å². The Balaban J connectivity index is 1.29. The number of carbonyl (C=O) groups is 1. The van der Waals surface area contributed by atoms with E-state index >= 15 is 0 Å². The summed E-state index contributed by atoms with van der Waals surface area (Å²) in [4.78, 5) is 11.8. The van der Waals surface area contributed by atoms with Crippen LogP contribution in [0.25, 0.3) is 10.8 Å². The largest absolute Gasteiger partial charge is 0.493 e. The van der Waals surface area contributed by atoms with Crippen molar-refractivity contribution in [2.24, 2.45) is 17.3 Å². The van der Waals surface area contributed by atoms with Crippen LogP contribution in [0.15, 0.2) is 59.5 Å². The zero-order chi connectivity index (χ0) is 26.7. The fraction of sp³-hybridized carbons (Fsp3) is 0.452. The molecule has 38 heavy (non-hydrogen) atoms. The van der Waals surface area contributed by atoms with Gasteiger partial charge in [0.1, 0.15) is 11.0 Å². The van der Waals surface area contributed by atoms with Gasteiger partial charge in [-0.05, 0) is 102 Å². The van der Waals surface area contributed by atoms with Gasteiger partial charge in [-0.1, -0.05) is 37.3 Å². The highest BCUT2D eigenvalue weighted by Gasteiger charge is 2.56. The van der Waals surface area contributed by atoms with Crippen molar-refractivity contribution in [3.8, 4) is 11.5 Å². The Kier molecular flexibility index (Phi) is 6.17. The van der Waals surface area contributed by atoms with Crippen LogP contribution >= 0.6 is 0 Å². The highest BCUT2D eigenvalue weighted by Crippen LogP contribution is 2.62. The lowest BCUT2D eigenvalue weighted by atomic mass is 9.55. The third-order valence-electron chi connectivity index (χ3n) is 9.44. The Bertz CT molecular complexity index is 1510. The number of hydrogen-bond donors (Lipinski definition) is 0. The number of rotatable bonds is 5. The molecule has 0 amide bonds. The lowest BCUT2D eigenvalue weighted by molar-refractivity contribution is -0.154. The molecule has 0 bridgehead atoms. The van der Waals surface area contributed by atoms with Gasteiger partial charge in [-0.3, -0.25) is 4.79 Å². The molecule has 3 unspecified atom stereocenters. The third kappa shape index (κ3) is 4.15. The third-order valence-corrected chi connectivity index (χ3v) is 10.7. The van der Waals surface area contributed by atoms with E-state index in [1.165, 1.54) is 12.5 Å². The molecule has 6 nitrogen and oxygen atoms in total. The topological polar surface area (TPSA) is 78.9 Å². The Morgan fingerprint density at radius 3 is 2.50 bits per heavy atom. The van der Waals surface area contributed by atoms with Gasteiger partial charge in [0.15, 0.2) is 11.5 Å². The normalized spacial score (nSPS) is 28.2. The molecule has 3 aliphatic carbocycles. The molecule has 0 saturated heterocycles. The average Bonchev–Trinajstić information content (AvgIpc) is 3.23. The van der Waals surface area contributed by atoms with Gasteiger partial charge >= 0.3 is 16.1 Å². The Labute approximate surface area is 224 Å². The van der Waals surface area contributed by atoms with E-state index in [9.17, 15) is 13.2 Å². The minimum Gasteiger partial charge on any atom is -0.493 e. The van der Waals surface area contributed by atoms with Gasteiger partial charge in [0.2, 0.25) is 0 Å². The van der Waals surface area contributed by atoms with Gasteiger partial charge in [0.05, 0.1) is 7.11 Å². The molecule has 2 fully saturated rings. The van der Waals surface area contributed by atoms with Gasteiger partial charge in [-0.25, -0.2) is 0 Å². The van der Waals surface area contributed by atoms with Gasteiger partial charge in [-0.2, -0.15) is 8.42 Å². The number of ether oxygens (including phenoxy) is 2. The van der Waals surface area contributed by atoms with Gasteiger partial charge in [-0.15, -0.1) is 0 Å². The van der Waals surface area contributed by atoms with Gasteiger partial charge in [0.25, 0.3) is 0 Å². The summed E-state index contributed by atoms with van der Waals surface area (Å²) >= 11 is 0. The van der Waals surface area contributed by atoms with Gasteiger partial charge < -0.3 is 13.7 Å². The molecule has 3 aromatic rings. The summed E-state index contributed by atoms with van der Waals surface area (Å²) in [7, 11) is -2.49. The molecule has 0 aromatic heterocycles. The Hall–Kier alpha value is -3.06. The summed E-state index contributed by atoms with van der Waals surface area (Å²) in [5, 5.41) is 1.81. The molecule has 0 aliphatic heterocycles. The van der Waals surface area contributed by atoms with E-state index in [-0.39, 0.29) is 28.1 Å². The molecule has 3 aromatic carbocycles. The highest BCUT2D eigenvalue weighted by molar-refractivity contribution is 7.87. The molecule has 5 atom stereocenters. The van der Waals surface area contributed by atoms with E-state index in [1.807, 2.05) is 36.4 Å². The standard InChI is InChI=1S/C31H34O6S/c1-19(32)36-30-13-12-27-25-11-9-22-17-29(28(35-3)18-26(22)24(25)14-15-31(27,30)2)37-38(33,34)23-10-8-20-6-4-5-7-21(20)16-23/h4-8,10,16-18,24-25,27,30H,9,11-15H2,1-3H3/t24?,25?,27?,30-,31-/m0/s1. The summed E-state index contributed by atoms with van der Waals surface area (Å²) in [6.45, 7) is 3.81. The summed E-state index contributed by atoms with van der Waals surface area (Å²) in [5.41, 5.74) is 2.39. The van der Waals surface area contributed by atoms with Crippen LogP contribution in [0.4, 0.5) is 0 Å². The van der Waals surface area contributed by atoms with Crippen LogP contribution in [0.2, 0.25) is 0 Å². The number of hydrogen-bond acceptors (Lipinski definition) is 6. The number of benzene rings is 3. The number of methoxy groups -OCH3 is 1. The molecular weight excluding hydrogens is 500 g/mol. The van der Waals surface area contributed by atoms with Crippen LogP contribution in [-0.2, 0) is 26.1 Å². The second-order valence-corrected chi connectivity index (χ2v) is 12.9. The van der Waals surface area contributed by atoms with E-state index < -0.39 is 10.1 Å². The van der Waals surface area contributed by atoms with Crippen LogP contribution in [-0.4, -0.2) is 27.6 Å². The molecule has 0 heterocycles. The SMILES string of the molecule is COc1cc2c(cc1OS(=O)(=O)c1ccc3ccccc3c1)CCC1C2CC[C@@]2(C)C1CC[C@@H]2OC(C)=O. The first-order valence-corrected chi connectivity index (χ1v) is 14.9. The predicted molar refractivity (Wildman–Crippen MR) is 145 cm³/mol. The van der Waals surface area contributed by atoms with Crippen LogP contribution in [0.1, 0.15) is 63.0 Å². The first kappa shape index (κ1) is 25.2. The van der Waals surface area contributed by atoms with E-state index in [1.54, 1.807) is 25.3 Å². The maximum Gasteiger partial charge on any atom is 0.339 e. The minimum atomic E-state index is -4.04. The summed E-state index contributed by atoms with van der Waals surface area (Å²) in [6, 6.07) is 16.5. The minimum absolute atomic E-state index is 0.00188. The van der Waals surface area contributed by atoms with Crippen molar-refractivity contribution in [2.45, 2.75) is 69.3 Å². The lowest BCUT2D eigenvalue weighted by Crippen LogP contribution is -2.45. The van der Waals surface area contributed by atoms with Crippen molar-refractivity contribution in [2.75, 3.05) is 7.11 Å². The van der Waals surface area contributed by atoms with Crippen LogP contribution in [0.5, 0.6) is 11.5 Å². The molecule has 0 spiro atoms. The zero-order valence-corrected chi connectivity index (χ0v) is 22.9. The molecule has 200 valence electrons. The van der Waals surface area contributed by atoms with E-state index in [0.717, 1.165) is 54.9 Å². The number of esters is 1. The average molecular weight is 535 g/mol. The maximum absolute atomic E-state index is 13.3. The maximum atomic E-state index is 13.3. The smallest absolute Gasteiger partial charge is 0.339 e. The molecule has 0 radical (unpaired) electrons. The van der Waals surface area contributed by atoms with Crippen molar-refractivity contribution < 1.29 is 26.9 Å². The molecule has 3 aliphatic rings. The molecular formula is C31H34O6S. The monoisotopic (exact) mass is 534 g/mol. The second kappa shape index (κ2) is 9.30. The summed E-state index contributed by atoms with van der Waals surface area (Å²) in [6.07, 6.45) is 5.92. The lowest BCUT2D eigenvalue weighted by Gasteiger charge is -2.50. The number of carbonyl (C=O) groups excluding carboxylic acids is 1. The quantitative estimate of drug-likeness (QED) is 0.278. The summed E-state index contributed by atoms with van der Waals surface area (Å²) < 4.78 is 43.6. The second-order valence-electron chi connectivity index (χ2n) is 11.4. The van der Waals surface area contributed by atoms with Crippen LogP contribution in [0.3, 0.4) is 0 Å². The Morgan fingerprint density at radius 2 is 1.74 bits per heavy atom. The zero-order valence-electron chi connectivity index (χ0n) is 22.1. The van der Waals surface area contributed by atoms with E-state index in [4.69, 9.17) is 13.7 Å². The van der Waals surface area contributed by atoms with Crippen molar-refractivity contribution in [3.63, 3.8) is 0 Å². The molecule has 0 N–H and O–H groups in total. The first-order chi connectivity index (χ1) is 18.2. The van der Waals surface area contributed by atoms with Crippen molar-refractivity contribution in [1.82, 2.24) is 0 Å². The fourth-order valence-corrected chi connectivity index (χ4v) is 8.61.